The molecule has 10 nitrogen and oxygen atoms in total. The fraction of sp³-hybridized carbons (Fsp3) is 0.333. The van der Waals surface area contributed by atoms with Gasteiger partial charge in [0, 0.05) is 30.7 Å². The summed E-state index contributed by atoms with van der Waals surface area (Å²) in [4.78, 5) is 37.5. The molecular weight excluding hydrogens is 440 g/mol. The lowest BCUT2D eigenvalue weighted by atomic mass is 10.0. The van der Waals surface area contributed by atoms with Crippen molar-refractivity contribution in [3.05, 3.63) is 73.7 Å². The number of benzene rings is 2. The van der Waals surface area contributed by atoms with Crippen LogP contribution in [0.25, 0.3) is 11.1 Å². The first-order valence-electron chi connectivity index (χ1n) is 10.0. The molecule has 3 aromatic rings. The van der Waals surface area contributed by atoms with Crippen LogP contribution in [-0.2, 0) is 16.1 Å². The molecule has 1 unspecified atom stereocenters. The molecule has 0 radical (unpaired) electrons. The molecule has 1 saturated heterocycles. The van der Waals surface area contributed by atoms with Gasteiger partial charge in [-0.25, -0.2) is 4.79 Å². The summed E-state index contributed by atoms with van der Waals surface area (Å²) >= 11 is 6.02. The van der Waals surface area contributed by atoms with E-state index >= 15 is 0 Å². The Balaban J connectivity index is 1.48. The zero-order chi connectivity index (χ0) is 22.7. The highest BCUT2D eigenvalue weighted by Gasteiger charge is 2.24. The Morgan fingerprint density at radius 3 is 2.59 bits per heavy atom. The maximum atomic E-state index is 12.7. The molecule has 11 heteroatoms. The first kappa shape index (κ1) is 22.0. The second kappa shape index (κ2) is 9.51. The molecular formula is C21H21ClN4O6. The van der Waals surface area contributed by atoms with Crippen LogP contribution in [0.5, 0.6) is 0 Å². The fourth-order valence-corrected chi connectivity index (χ4v) is 3.89. The third-order valence-corrected chi connectivity index (χ3v) is 5.65. The van der Waals surface area contributed by atoms with E-state index < -0.39 is 10.7 Å². The van der Waals surface area contributed by atoms with Gasteiger partial charge >= 0.3 is 5.76 Å². The number of nitro groups is 1. The Morgan fingerprint density at radius 1 is 1.19 bits per heavy atom. The maximum Gasteiger partial charge on any atom is 0.420 e. The molecule has 2 aromatic carbocycles. The predicted molar refractivity (Wildman–Crippen MR) is 117 cm³/mol. The molecule has 1 atom stereocenters. The number of nitrogens with one attached hydrogen (secondary N) is 1. The standard InChI is InChI=1S/C21H21ClN4O6/c22-15-3-1-14(2-4-15)18(24-7-9-31-10-8-24)12-23-20(27)13-25-17-6-5-16(26(29)30)11-19(17)32-21(25)28/h1-6,11,18H,7-10,12-13H2,(H,23,27). The van der Waals surface area contributed by atoms with Crippen LogP contribution in [0.3, 0.4) is 0 Å². The van der Waals surface area contributed by atoms with Crippen LogP contribution < -0.4 is 11.1 Å². The number of oxazole rings is 1. The van der Waals surface area contributed by atoms with Crippen molar-refractivity contribution in [1.82, 2.24) is 14.8 Å². The fourth-order valence-electron chi connectivity index (χ4n) is 3.76. The van der Waals surface area contributed by atoms with Crippen molar-refractivity contribution in [2.75, 3.05) is 32.8 Å². The molecule has 0 saturated carbocycles. The predicted octanol–water partition coefficient (Wildman–Crippen LogP) is 2.35. The van der Waals surface area contributed by atoms with Crippen LogP contribution in [0.2, 0.25) is 5.02 Å². The van der Waals surface area contributed by atoms with Gasteiger partial charge in [0.1, 0.15) is 6.54 Å². The van der Waals surface area contributed by atoms with Crippen molar-refractivity contribution in [1.29, 1.82) is 0 Å². The molecule has 2 heterocycles. The van der Waals surface area contributed by atoms with Gasteiger partial charge in [-0.15, -0.1) is 0 Å². The minimum Gasteiger partial charge on any atom is -0.407 e. The normalized spacial score (nSPS) is 15.5. The summed E-state index contributed by atoms with van der Waals surface area (Å²) in [5.41, 5.74) is 1.19. The van der Waals surface area contributed by atoms with Gasteiger partial charge in [0.05, 0.1) is 35.8 Å². The monoisotopic (exact) mass is 460 g/mol. The summed E-state index contributed by atoms with van der Waals surface area (Å²) in [6.45, 7) is 2.75. The molecule has 4 rings (SSSR count). The molecule has 1 aliphatic heterocycles. The Kier molecular flexibility index (Phi) is 6.54. The molecule has 32 heavy (non-hydrogen) atoms. The SMILES string of the molecule is O=C(Cn1c(=O)oc2cc([N+](=O)[O-])ccc21)NCC(c1ccc(Cl)cc1)N1CCOCC1. The van der Waals surface area contributed by atoms with Crippen molar-refractivity contribution in [3.63, 3.8) is 0 Å². The highest BCUT2D eigenvalue weighted by atomic mass is 35.5. The number of fused-ring (bicyclic) bond motifs is 1. The molecule has 1 fully saturated rings. The summed E-state index contributed by atoms with van der Waals surface area (Å²) in [6, 6.07) is 11.2. The number of non-ortho nitro benzene ring substituents is 1. The van der Waals surface area contributed by atoms with Crippen LogP contribution in [0, 0.1) is 10.1 Å². The van der Waals surface area contributed by atoms with Gasteiger partial charge in [0.25, 0.3) is 5.69 Å². The van der Waals surface area contributed by atoms with Crippen molar-refractivity contribution in [2.24, 2.45) is 0 Å². The van der Waals surface area contributed by atoms with E-state index in [1.807, 2.05) is 24.3 Å². The highest BCUT2D eigenvalue weighted by Crippen LogP contribution is 2.23. The van der Waals surface area contributed by atoms with Crippen molar-refractivity contribution >= 4 is 34.3 Å². The second-order valence-electron chi connectivity index (χ2n) is 7.38. The van der Waals surface area contributed by atoms with Crippen LogP contribution in [0.4, 0.5) is 5.69 Å². The van der Waals surface area contributed by atoms with E-state index in [9.17, 15) is 19.7 Å². The van der Waals surface area contributed by atoms with Crippen LogP contribution in [0.15, 0.2) is 51.7 Å². The molecule has 0 bridgehead atoms. The number of amides is 1. The Bertz CT molecular complexity index is 1180. The average Bonchev–Trinajstić information content (AvgIpc) is 3.10. The topological polar surface area (TPSA) is 120 Å². The van der Waals surface area contributed by atoms with E-state index in [1.54, 1.807) is 0 Å². The molecule has 0 aliphatic carbocycles. The Labute approximate surface area is 187 Å². The van der Waals surface area contributed by atoms with E-state index in [4.69, 9.17) is 20.8 Å². The van der Waals surface area contributed by atoms with Crippen LogP contribution in [0.1, 0.15) is 11.6 Å². The van der Waals surface area contributed by atoms with Crippen molar-refractivity contribution in [2.45, 2.75) is 12.6 Å². The number of hydrogen-bond donors (Lipinski definition) is 1. The summed E-state index contributed by atoms with van der Waals surface area (Å²) in [7, 11) is 0. The smallest absolute Gasteiger partial charge is 0.407 e. The van der Waals surface area contributed by atoms with Gasteiger partial charge in [0.2, 0.25) is 5.91 Å². The lowest BCUT2D eigenvalue weighted by molar-refractivity contribution is -0.384. The van der Waals surface area contributed by atoms with Gasteiger partial charge in [-0.05, 0) is 23.8 Å². The number of morpholine rings is 1. The maximum absolute atomic E-state index is 12.7. The average molecular weight is 461 g/mol. The van der Waals surface area contributed by atoms with Gasteiger partial charge in [0.15, 0.2) is 5.58 Å². The number of halogens is 1. The minimum atomic E-state index is -0.752. The number of nitrogens with zero attached hydrogens (tertiary/aromatic N) is 3. The quantitative estimate of drug-likeness (QED) is 0.424. The first-order chi connectivity index (χ1) is 15.4. The number of rotatable bonds is 7. The summed E-state index contributed by atoms with van der Waals surface area (Å²) < 4.78 is 11.7. The van der Waals surface area contributed by atoms with Gasteiger partial charge < -0.3 is 14.5 Å². The van der Waals surface area contributed by atoms with Gasteiger partial charge in [-0.3, -0.25) is 24.4 Å². The third kappa shape index (κ3) is 4.82. The number of ether oxygens (including phenoxy) is 1. The number of nitro benzene ring substituents is 1. The first-order valence-corrected chi connectivity index (χ1v) is 10.4. The van der Waals surface area contributed by atoms with Crippen LogP contribution >= 0.6 is 11.6 Å². The zero-order valence-corrected chi connectivity index (χ0v) is 17.8. The van der Waals surface area contributed by atoms with E-state index in [1.165, 1.54) is 18.2 Å². The van der Waals surface area contributed by atoms with Gasteiger partial charge in [-0.2, -0.15) is 0 Å². The number of carbonyl (C=O) groups excluding carboxylic acids is 1. The van der Waals surface area contributed by atoms with E-state index in [-0.39, 0.29) is 29.8 Å². The molecule has 0 spiro atoms. The molecule has 1 aliphatic rings. The second-order valence-corrected chi connectivity index (χ2v) is 7.82. The lowest BCUT2D eigenvalue weighted by Gasteiger charge is -2.35. The van der Waals surface area contributed by atoms with Crippen molar-refractivity contribution in [3.8, 4) is 0 Å². The van der Waals surface area contributed by atoms with Gasteiger partial charge in [-0.1, -0.05) is 23.7 Å². The van der Waals surface area contributed by atoms with E-state index in [0.29, 0.717) is 30.3 Å². The number of hydrogen-bond acceptors (Lipinski definition) is 7. The van der Waals surface area contributed by atoms with E-state index in [0.717, 1.165) is 23.2 Å². The molecule has 168 valence electrons. The van der Waals surface area contributed by atoms with Crippen LogP contribution in [-0.4, -0.2) is 53.1 Å². The molecule has 1 N–H and O–H groups in total. The summed E-state index contributed by atoms with van der Waals surface area (Å²) in [6.07, 6.45) is 0. The number of aromatic nitrogens is 1. The minimum absolute atomic E-state index is 0.0596. The number of carbonyl (C=O) groups is 1. The lowest BCUT2D eigenvalue weighted by Crippen LogP contribution is -2.44. The molecule has 1 aromatic heterocycles. The van der Waals surface area contributed by atoms with E-state index in [2.05, 4.69) is 10.2 Å². The third-order valence-electron chi connectivity index (χ3n) is 5.40. The zero-order valence-electron chi connectivity index (χ0n) is 17.0. The van der Waals surface area contributed by atoms with Crippen molar-refractivity contribution < 1.29 is 18.9 Å². The highest BCUT2D eigenvalue weighted by molar-refractivity contribution is 6.30. The summed E-state index contributed by atoms with van der Waals surface area (Å²) in [5, 5.41) is 14.4. The Hall–Kier alpha value is -3.21. The Morgan fingerprint density at radius 2 is 1.91 bits per heavy atom. The largest absolute Gasteiger partial charge is 0.420 e. The molecule has 1 amide bonds. The summed E-state index contributed by atoms with van der Waals surface area (Å²) in [5.74, 6) is -1.13.